The van der Waals surface area contributed by atoms with Crippen LogP contribution >= 0.6 is 15.9 Å². The van der Waals surface area contributed by atoms with E-state index < -0.39 is 0 Å². The van der Waals surface area contributed by atoms with Gasteiger partial charge in [0.25, 0.3) is 5.91 Å². The molecule has 30 heavy (non-hydrogen) atoms. The monoisotopic (exact) mass is 468 g/mol. The predicted molar refractivity (Wildman–Crippen MR) is 125 cm³/mol. The SMILES string of the molecule is CCN(Cc1ccc(CN(C)C)cc1)C(=O)c1ccc(-n2nc(C)c(Br)c2C)cc1. The molecule has 1 aromatic heterocycles. The van der Waals surface area contributed by atoms with Crippen LogP contribution in [0.5, 0.6) is 0 Å². The van der Waals surface area contributed by atoms with Gasteiger partial charge in [0.05, 0.1) is 21.5 Å². The van der Waals surface area contributed by atoms with E-state index in [-0.39, 0.29) is 5.91 Å². The number of carbonyl (C=O) groups excluding carboxylic acids is 1. The normalized spacial score (nSPS) is 11.2. The molecule has 1 heterocycles. The number of rotatable bonds is 7. The fourth-order valence-electron chi connectivity index (χ4n) is 3.47. The minimum Gasteiger partial charge on any atom is -0.335 e. The molecule has 0 saturated carbocycles. The second-order valence-electron chi connectivity index (χ2n) is 7.82. The lowest BCUT2D eigenvalue weighted by molar-refractivity contribution is 0.0752. The van der Waals surface area contributed by atoms with Gasteiger partial charge in [-0.25, -0.2) is 4.68 Å². The molecular weight excluding hydrogens is 440 g/mol. The Morgan fingerprint density at radius 3 is 2.00 bits per heavy atom. The highest BCUT2D eigenvalue weighted by Crippen LogP contribution is 2.23. The summed E-state index contributed by atoms with van der Waals surface area (Å²) in [6, 6.07) is 16.1. The van der Waals surface area contributed by atoms with E-state index in [2.05, 4.69) is 64.3 Å². The van der Waals surface area contributed by atoms with E-state index in [9.17, 15) is 4.79 Å². The smallest absolute Gasteiger partial charge is 0.254 e. The number of amides is 1. The second-order valence-corrected chi connectivity index (χ2v) is 8.61. The first-order valence-corrected chi connectivity index (χ1v) is 10.9. The summed E-state index contributed by atoms with van der Waals surface area (Å²) in [6.45, 7) is 8.17. The molecule has 3 aromatic rings. The molecule has 0 N–H and O–H groups in total. The van der Waals surface area contributed by atoms with E-state index in [1.807, 2.05) is 54.6 Å². The fraction of sp³-hybridized carbons (Fsp3) is 0.333. The number of benzene rings is 2. The number of halogens is 1. The lowest BCUT2D eigenvalue weighted by Crippen LogP contribution is -2.30. The van der Waals surface area contributed by atoms with Gasteiger partial charge in [0.2, 0.25) is 0 Å². The van der Waals surface area contributed by atoms with Crippen molar-refractivity contribution in [2.75, 3.05) is 20.6 Å². The molecule has 0 unspecified atom stereocenters. The summed E-state index contributed by atoms with van der Waals surface area (Å²) in [7, 11) is 4.12. The van der Waals surface area contributed by atoms with Crippen molar-refractivity contribution in [2.45, 2.75) is 33.9 Å². The molecule has 0 aliphatic carbocycles. The number of hydrogen-bond acceptors (Lipinski definition) is 3. The average Bonchev–Trinajstić information content (AvgIpc) is 3.00. The van der Waals surface area contributed by atoms with E-state index in [1.54, 1.807) is 0 Å². The quantitative estimate of drug-likeness (QED) is 0.491. The van der Waals surface area contributed by atoms with Crippen LogP contribution in [0, 0.1) is 13.8 Å². The topological polar surface area (TPSA) is 41.4 Å². The molecule has 2 aromatic carbocycles. The molecule has 5 nitrogen and oxygen atoms in total. The molecule has 0 saturated heterocycles. The number of aromatic nitrogens is 2. The number of hydrogen-bond donors (Lipinski definition) is 0. The lowest BCUT2D eigenvalue weighted by Gasteiger charge is -2.21. The van der Waals surface area contributed by atoms with Gasteiger partial charge in [0.1, 0.15) is 0 Å². The summed E-state index contributed by atoms with van der Waals surface area (Å²) in [5.41, 5.74) is 6.02. The van der Waals surface area contributed by atoms with Crippen LogP contribution in [0.25, 0.3) is 5.69 Å². The Bertz CT molecular complexity index is 1010. The van der Waals surface area contributed by atoms with Crippen LogP contribution in [-0.2, 0) is 13.1 Å². The standard InChI is InChI=1S/C24H29BrN4O/c1-6-28(16-20-9-7-19(8-10-20)15-27(4)5)24(30)21-11-13-22(14-12-21)29-18(3)23(25)17(2)26-29/h7-14H,6,15-16H2,1-5H3. The minimum absolute atomic E-state index is 0.0379. The van der Waals surface area contributed by atoms with Crippen LogP contribution in [0.4, 0.5) is 0 Å². The molecular formula is C24H29BrN4O. The highest BCUT2D eigenvalue weighted by atomic mass is 79.9. The van der Waals surface area contributed by atoms with Crippen molar-refractivity contribution in [2.24, 2.45) is 0 Å². The maximum atomic E-state index is 13.1. The van der Waals surface area contributed by atoms with Crippen LogP contribution in [0.1, 0.15) is 39.8 Å². The Morgan fingerprint density at radius 1 is 0.967 bits per heavy atom. The van der Waals surface area contributed by atoms with Crippen molar-refractivity contribution in [3.63, 3.8) is 0 Å². The molecule has 6 heteroatoms. The number of nitrogens with zero attached hydrogens (tertiary/aromatic N) is 4. The second kappa shape index (κ2) is 9.58. The van der Waals surface area contributed by atoms with Gasteiger partial charge in [-0.05, 0) is 86.2 Å². The first-order chi connectivity index (χ1) is 14.3. The first-order valence-electron chi connectivity index (χ1n) is 10.1. The Balaban J connectivity index is 1.73. The molecule has 0 atom stereocenters. The van der Waals surface area contributed by atoms with E-state index >= 15 is 0 Å². The van der Waals surface area contributed by atoms with Crippen LogP contribution in [-0.4, -0.2) is 46.1 Å². The van der Waals surface area contributed by atoms with Crippen molar-refractivity contribution in [3.05, 3.63) is 81.1 Å². The van der Waals surface area contributed by atoms with Gasteiger partial charge in [-0.3, -0.25) is 4.79 Å². The Labute approximate surface area is 187 Å². The Morgan fingerprint density at radius 2 is 1.53 bits per heavy atom. The summed E-state index contributed by atoms with van der Waals surface area (Å²) in [4.78, 5) is 17.1. The fourth-order valence-corrected chi connectivity index (χ4v) is 3.71. The van der Waals surface area contributed by atoms with Gasteiger partial charge >= 0.3 is 0 Å². The van der Waals surface area contributed by atoms with Crippen LogP contribution in [0.3, 0.4) is 0 Å². The third kappa shape index (κ3) is 4.99. The third-order valence-corrected chi connectivity index (χ3v) is 6.27. The minimum atomic E-state index is 0.0379. The van der Waals surface area contributed by atoms with Gasteiger partial charge in [-0.1, -0.05) is 24.3 Å². The maximum absolute atomic E-state index is 13.1. The third-order valence-electron chi connectivity index (χ3n) is 5.13. The highest BCUT2D eigenvalue weighted by molar-refractivity contribution is 9.10. The number of carbonyl (C=O) groups is 1. The summed E-state index contributed by atoms with van der Waals surface area (Å²) >= 11 is 3.56. The predicted octanol–water partition coefficient (Wildman–Crippen LogP) is 4.98. The van der Waals surface area contributed by atoms with Gasteiger partial charge in [-0.15, -0.1) is 0 Å². The van der Waals surface area contributed by atoms with Crippen molar-refractivity contribution in [1.82, 2.24) is 19.6 Å². The molecule has 1 amide bonds. The average molecular weight is 469 g/mol. The van der Waals surface area contributed by atoms with Crippen molar-refractivity contribution >= 4 is 21.8 Å². The Kier molecular flexibility index (Phi) is 7.10. The van der Waals surface area contributed by atoms with Gasteiger partial charge in [-0.2, -0.15) is 5.10 Å². The van der Waals surface area contributed by atoms with Crippen molar-refractivity contribution in [1.29, 1.82) is 0 Å². The van der Waals surface area contributed by atoms with Crippen LogP contribution in [0.2, 0.25) is 0 Å². The highest BCUT2D eigenvalue weighted by Gasteiger charge is 2.16. The molecule has 0 radical (unpaired) electrons. The summed E-state index contributed by atoms with van der Waals surface area (Å²) < 4.78 is 2.90. The lowest BCUT2D eigenvalue weighted by atomic mass is 10.1. The van der Waals surface area contributed by atoms with E-state index in [1.165, 1.54) is 5.56 Å². The van der Waals surface area contributed by atoms with Crippen LogP contribution in [0.15, 0.2) is 53.0 Å². The molecule has 0 aliphatic heterocycles. The molecule has 0 bridgehead atoms. The van der Waals surface area contributed by atoms with Crippen molar-refractivity contribution in [3.8, 4) is 5.69 Å². The first kappa shape index (κ1) is 22.2. The van der Waals surface area contributed by atoms with E-state index in [4.69, 9.17) is 0 Å². The molecule has 158 valence electrons. The molecule has 0 spiro atoms. The van der Waals surface area contributed by atoms with E-state index in [0.717, 1.165) is 33.7 Å². The van der Waals surface area contributed by atoms with Gasteiger partial charge in [0.15, 0.2) is 0 Å². The Hall–Kier alpha value is -2.44. The van der Waals surface area contributed by atoms with Crippen LogP contribution < -0.4 is 0 Å². The zero-order chi connectivity index (χ0) is 21.8. The maximum Gasteiger partial charge on any atom is 0.254 e. The molecule has 3 rings (SSSR count). The summed E-state index contributed by atoms with van der Waals surface area (Å²) in [6.07, 6.45) is 0. The zero-order valence-corrected chi connectivity index (χ0v) is 19.9. The molecule has 0 fully saturated rings. The number of aryl methyl sites for hydroxylation is 1. The van der Waals surface area contributed by atoms with Gasteiger partial charge < -0.3 is 9.80 Å². The summed E-state index contributed by atoms with van der Waals surface area (Å²) in [5, 5.41) is 4.56. The van der Waals surface area contributed by atoms with E-state index in [0.29, 0.717) is 18.7 Å². The zero-order valence-electron chi connectivity index (χ0n) is 18.3. The molecule has 0 aliphatic rings. The largest absolute Gasteiger partial charge is 0.335 e. The van der Waals surface area contributed by atoms with Gasteiger partial charge in [0, 0.05) is 25.2 Å². The van der Waals surface area contributed by atoms with Crippen molar-refractivity contribution < 1.29 is 4.79 Å². The summed E-state index contributed by atoms with van der Waals surface area (Å²) in [5.74, 6) is 0.0379.